The van der Waals surface area contributed by atoms with Gasteiger partial charge in [0.1, 0.15) is 10.7 Å². The van der Waals surface area contributed by atoms with E-state index in [1.54, 1.807) is 0 Å². The molecule has 19 heavy (non-hydrogen) atoms. The zero-order valence-electron chi connectivity index (χ0n) is 9.28. The van der Waals surface area contributed by atoms with Crippen LogP contribution in [0.25, 0.3) is 0 Å². The SMILES string of the molecule is Nc1ccc(S(=O)(=O)NCC(O)C(F)(F)F)c(F)c1. The van der Waals surface area contributed by atoms with E-state index in [0.29, 0.717) is 0 Å². The van der Waals surface area contributed by atoms with Crippen LogP contribution < -0.4 is 10.5 Å². The fraction of sp³-hybridized carbons (Fsp3) is 0.333. The quantitative estimate of drug-likeness (QED) is 0.561. The lowest BCUT2D eigenvalue weighted by atomic mass is 10.3. The van der Waals surface area contributed by atoms with Gasteiger partial charge < -0.3 is 10.8 Å². The Kier molecular flexibility index (Phi) is 4.38. The van der Waals surface area contributed by atoms with Gasteiger partial charge in [-0.05, 0) is 18.2 Å². The van der Waals surface area contributed by atoms with Crippen LogP contribution in [0.15, 0.2) is 23.1 Å². The predicted molar refractivity (Wildman–Crippen MR) is 58.1 cm³/mol. The zero-order chi connectivity index (χ0) is 14.8. The van der Waals surface area contributed by atoms with Crippen LogP contribution in [0.4, 0.5) is 23.2 Å². The van der Waals surface area contributed by atoms with Gasteiger partial charge >= 0.3 is 6.18 Å². The normalized spacial score (nSPS) is 14.4. The van der Waals surface area contributed by atoms with Gasteiger partial charge in [-0.25, -0.2) is 17.5 Å². The number of aliphatic hydroxyl groups is 1. The van der Waals surface area contributed by atoms with Gasteiger partial charge in [0.15, 0.2) is 6.10 Å². The van der Waals surface area contributed by atoms with Gasteiger partial charge in [0, 0.05) is 12.2 Å². The van der Waals surface area contributed by atoms with Crippen molar-refractivity contribution in [3.05, 3.63) is 24.0 Å². The van der Waals surface area contributed by atoms with Crippen LogP contribution in [-0.2, 0) is 10.0 Å². The first-order chi connectivity index (χ1) is 8.54. The molecule has 1 aromatic rings. The minimum absolute atomic E-state index is 0.0354. The summed E-state index contributed by atoms with van der Waals surface area (Å²) in [6, 6.07) is 2.61. The van der Waals surface area contributed by atoms with E-state index in [2.05, 4.69) is 0 Å². The molecule has 0 heterocycles. The Morgan fingerprint density at radius 1 is 1.37 bits per heavy atom. The summed E-state index contributed by atoms with van der Waals surface area (Å²) in [6.45, 7) is -1.31. The average Bonchev–Trinajstić information content (AvgIpc) is 2.24. The van der Waals surface area contributed by atoms with Crippen molar-refractivity contribution in [1.29, 1.82) is 0 Å². The Labute approximate surface area is 106 Å². The molecular formula is C9H10F4N2O3S. The molecule has 1 atom stereocenters. The summed E-state index contributed by atoms with van der Waals surface area (Å²) in [6.07, 6.45) is -7.85. The molecule has 0 fully saturated rings. The number of rotatable bonds is 4. The van der Waals surface area contributed by atoms with Gasteiger partial charge in [-0.3, -0.25) is 0 Å². The maximum Gasteiger partial charge on any atom is 0.415 e. The number of halogens is 4. The molecule has 0 aliphatic carbocycles. The first-order valence-corrected chi connectivity index (χ1v) is 6.32. The van der Waals surface area contributed by atoms with Crippen molar-refractivity contribution < 1.29 is 31.1 Å². The van der Waals surface area contributed by atoms with Gasteiger partial charge in [0.25, 0.3) is 0 Å². The highest BCUT2D eigenvalue weighted by molar-refractivity contribution is 7.89. The van der Waals surface area contributed by atoms with Crippen LogP contribution in [0.3, 0.4) is 0 Å². The molecule has 0 aliphatic heterocycles. The van der Waals surface area contributed by atoms with Crippen molar-refractivity contribution in [2.75, 3.05) is 12.3 Å². The molecule has 1 aromatic carbocycles. The first kappa shape index (κ1) is 15.7. The Bertz CT molecular complexity index is 559. The number of hydrogen-bond acceptors (Lipinski definition) is 4. The first-order valence-electron chi connectivity index (χ1n) is 4.83. The summed E-state index contributed by atoms with van der Waals surface area (Å²) in [5, 5.41) is 8.64. The summed E-state index contributed by atoms with van der Waals surface area (Å²) in [4.78, 5) is -0.851. The van der Waals surface area contributed by atoms with Crippen molar-refractivity contribution in [1.82, 2.24) is 4.72 Å². The minimum Gasteiger partial charge on any atom is -0.399 e. The Balaban J connectivity index is 2.88. The lowest BCUT2D eigenvalue weighted by Crippen LogP contribution is -2.40. The molecule has 0 aromatic heterocycles. The van der Waals surface area contributed by atoms with Gasteiger partial charge in [-0.15, -0.1) is 0 Å². The van der Waals surface area contributed by atoms with Gasteiger partial charge in [-0.1, -0.05) is 0 Å². The molecule has 0 amide bonds. The highest BCUT2D eigenvalue weighted by atomic mass is 32.2. The molecule has 0 saturated carbocycles. The molecule has 0 saturated heterocycles. The summed E-state index contributed by atoms with van der Waals surface area (Å²) >= 11 is 0. The average molecular weight is 302 g/mol. The second kappa shape index (κ2) is 5.31. The number of nitrogens with two attached hydrogens (primary N) is 1. The maximum atomic E-state index is 13.3. The fourth-order valence-electron chi connectivity index (χ4n) is 1.12. The Morgan fingerprint density at radius 3 is 2.42 bits per heavy atom. The summed E-state index contributed by atoms with van der Waals surface area (Å²) in [7, 11) is -4.50. The van der Waals surface area contributed by atoms with Gasteiger partial charge in [-0.2, -0.15) is 13.2 Å². The number of nitrogens with one attached hydrogen (secondary N) is 1. The number of aliphatic hydroxyl groups excluding tert-OH is 1. The van der Waals surface area contributed by atoms with E-state index >= 15 is 0 Å². The largest absolute Gasteiger partial charge is 0.415 e. The molecule has 0 aliphatic rings. The predicted octanol–water partition coefficient (Wildman–Crippen LogP) is 0.609. The highest BCUT2D eigenvalue weighted by Gasteiger charge is 2.38. The van der Waals surface area contributed by atoms with Crippen molar-refractivity contribution >= 4 is 15.7 Å². The third-order valence-electron chi connectivity index (χ3n) is 2.09. The second-order valence-electron chi connectivity index (χ2n) is 3.60. The number of sulfonamides is 1. The molecule has 4 N–H and O–H groups in total. The number of alkyl halides is 3. The monoisotopic (exact) mass is 302 g/mol. The number of nitrogen functional groups attached to an aromatic ring is 1. The van der Waals surface area contributed by atoms with Crippen LogP contribution in [0.5, 0.6) is 0 Å². The minimum atomic E-state index is -4.97. The molecule has 5 nitrogen and oxygen atoms in total. The molecule has 0 bridgehead atoms. The third kappa shape index (κ3) is 4.04. The number of benzene rings is 1. The summed E-state index contributed by atoms with van der Waals surface area (Å²) in [5.74, 6) is -1.20. The molecule has 0 radical (unpaired) electrons. The molecule has 1 rings (SSSR count). The van der Waals surface area contributed by atoms with E-state index in [4.69, 9.17) is 10.8 Å². The van der Waals surface area contributed by atoms with E-state index in [-0.39, 0.29) is 5.69 Å². The summed E-state index contributed by atoms with van der Waals surface area (Å²) in [5.41, 5.74) is 5.17. The van der Waals surface area contributed by atoms with Crippen LogP contribution >= 0.6 is 0 Å². The Morgan fingerprint density at radius 2 is 1.95 bits per heavy atom. The molecule has 1 unspecified atom stereocenters. The third-order valence-corrected chi connectivity index (χ3v) is 3.55. The molecular weight excluding hydrogens is 292 g/mol. The highest BCUT2D eigenvalue weighted by Crippen LogP contribution is 2.21. The molecule has 10 heteroatoms. The van der Waals surface area contributed by atoms with E-state index < -0.39 is 39.6 Å². The maximum absolute atomic E-state index is 13.3. The fourth-order valence-corrected chi connectivity index (χ4v) is 2.21. The van der Waals surface area contributed by atoms with Gasteiger partial charge in [0.05, 0.1) is 0 Å². The lowest BCUT2D eigenvalue weighted by molar-refractivity contribution is -0.200. The van der Waals surface area contributed by atoms with Crippen LogP contribution in [0, 0.1) is 5.82 Å². The standard InChI is InChI=1S/C9H10F4N2O3S/c10-6-3-5(14)1-2-7(6)19(17,18)15-4-8(16)9(11,12)13/h1-3,8,15-16H,4,14H2. The lowest BCUT2D eigenvalue weighted by Gasteiger charge is -2.15. The zero-order valence-corrected chi connectivity index (χ0v) is 10.1. The number of hydrogen-bond donors (Lipinski definition) is 3. The topological polar surface area (TPSA) is 92.4 Å². The van der Waals surface area contributed by atoms with E-state index in [0.717, 1.165) is 18.2 Å². The molecule has 0 spiro atoms. The van der Waals surface area contributed by atoms with E-state index in [1.165, 1.54) is 4.72 Å². The summed E-state index contributed by atoms with van der Waals surface area (Å²) < 4.78 is 73.8. The van der Waals surface area contributed by atoms with E-state index in [1.807, 2.05) is 0 Å². The van der Waals surface area contributed by atoms with Crippen molar-refractivity contribution in [2.45, 2.75) is 17.2 Å². The smallest absolute Gasteiger partial charge is 0.399 e. The van der Waals surface area contributed by atoms with Crippen LogP contribution in [-0.4, -0.2) is 32.3 Å². The molecule has 108 valence electrons. The van der Waals surface area contributed by atoms with Gasteiger partial charge in [0.2, 0.25) is 10.0 Å². The van der Waals surface area contributed by atoms with E-state index in [9.17, 15) is 26.0 Å². The number of anilines is 1. The van der Waals surface area contributed by atoms with Crippen molar-refractivity contribution in [3.63, 3.8) is 0 Å². The van der Waals surface area contributed by atoms with Crippen molar-refractivity contribution in [3.8, 4) is 0 Å². The second-order valence-corrected chi connectivity index (χ2v) is 5.33. The van der Waals surface area contributed by atoms with Crippen LogP contribution in [0.2, 0.25) is 0 Å². The Hall–Kier alpha value is -1.39. The van der Waals surface area contributed by atoms with Crippen molar-refractivity contribution in [2.24, 2.45) is 0 Å². The van der Waals surface area contributed by atoms with Crippen LogP contribution in [0.1, 0.15) is 0 Å².